The third-order valence-corrected chi connectivity index (χ3v) is 4.68. The van der Waals surface area contributed by atoms with Gasteiger partial charge in [0.05, 0.1) is 5.75 Å². The highest BCUT2D eigenvalue weighted by Gasteiger charge is 2.21. The number of nitrogens with two attached hydrogens (primary N) is 1. The van der Waals surface area contributed by atoms with Gasteiger partial charge in [-0.15, -0.1) is 0 Å². The van der Waals surface area contributed by atoms with Crippen LogP contribution in [0.2, 0.25) is 0 Å². The van der Waals surface area contributed by atoms with Gasteiger partial charge in [0.15, 0.2) is 0 Å². The fraction of sp³-hybridized carbons (Fsp3) is 0.385. The molecule has 0 aromatic heterocycles. The molecule has 0 aliphatic carbocycles. The van der Waals surface area contributed by atoms with Crippen molar-refractivity contribution in [3.05, 3.63) is 36.4 Å². The highest BCUT2D eigenvalue weighted by atomic mass is 32.2. The third kappa shape index (κ3) is 3.97. The second kappa shape index (κ2) is 6.08. The van der Waals surface area contributed by atoms with Gasteiger partial charge in [0.25, 0.3) is 0 Å². The van der Waals surface area contributed by atoms with E-state index in [-0.39, 0.29) is 12.4 Å². The maximum atomic E-state index is 12.0. The summed E-state index contributed by atoms with van der Waals surface area (Å²) < 4.78 is 31.0. The minimum Gasteiger partial charge on any atom is -0.492 e. The number of rotatable bonds is 5. The first-order chi connectivity index (χ1) is 9.08. The molecule has 0 bridgehead atoms. The zero-order valence-corrected chi connectivity index (χ0v) is 11.5. The van der Waals surface area contributed by atoms with Crippen LogP contribution < -0.4 is 10.5 Å². The van der Waals surface area contributed by atoms with E-state index in [1.807, 2.05) is 12.2 Å². The molecule has 104 valence electrons. The van der Waals surface area contributed by atoms with Crippen molar-refractivity contribution < 1.29 is 13.2 Å². The number of nitrogens with zero attached hydrogens (tertiary/aromatic N) is 1. The standard InChI is InChI=1S/C13H18N2O3S/c14-12-5-4-6-13(11-12)18-9-10-19(16,17)15-7-2-1-3-8-15/h1-2,4-6,11H,3,7-10,14H2. The first kappa shape index (κ1) is 13.9. The molecule has 0 saturated heterocycles. The number of nitrogen functional groups attached to an aromatic ring is 1. The molecule has 1 aliphatic heterocycles. The first-order valence-corrected chi connectivity index (χ1v) is 7.80. The predicted molar refractivity (Wildman–Crippen MR) is 75.5 cm³/mol. The lowest BCUT2D eigenvalue weighted by Gasteiger charge is -2.22. The normalized spacial score (nSPS) is 16.4. The van der Waals surface area contributed by atoms with E-state index < -0.39 is 10.0 Å². The summed E-state index contributed by atoms with van der Waals surface area (Å²) in [7, 11) is -3.24. The van der Waals surface area contributed by atoms with Gasteiger partial charge in [-0.05, 0) is 18.6 Å². The molecule has 0 spiro atoms. The van der Waals surface area contributed by atoms with E-state index in [1.54, 1.807) is 24.3 Å². The fourth-order valence-electron chi connectivity index (χ4n) is 1.87. The Hall–Kier alpha value is -1.53. The summed E-state index contributed by atoms with van der Waals surface area (Å²) in [6.07, 6.45) is 4.64. The number of ether oxygens (including phenoxy) is 1. The van der Waals surface area contributed by atoms with Crippen molar-refractivity contribution in [3.8, 4) is 5.75 Å². The second-order valence-electron chi connectivity index (χ2n) is 4.36. The molecule has 0 unspecified atom stereocenters. The maximum Gasteiger partial charge on any atom is 0.217 e. The molecule has 2 N–H and O–H groups in total. The van der Waals surface area contributed by atoms with Gasteiger partial charge in [0.1, 0.15) is 12.4 Å². The summed E-state index contributed by atoms with van der Waals surface area (Å²) >= 11 is 0. The Labute approximate surface area is 113 Å². The lowest BCUT2D eigenvalue weighted by atomic mass is 10.3. The summed E-state index contributed by atoms with van der Waals surface area (Å²) in [6.45, 7) is 1.14. The van der Waals surface area contributed by atoms with Crippen LogP contribution in [-0.2, 0) is 10.0 Å². The number of sulfonamides is 1. The van der Waals surface area contributed by atoms with Gasteiger partial charge in [-0.1, -0.05) is 18.2 Å². The van der Waals surface area contributed by atoms with Gasteiger partial charge in [0, 0.05) is 24.8 Å². The van der Waals surface area contributed by atoms with E-state index in [1.165, 1.54) is 4.31 Å². The molecule has 0 atom stereocenters. The van der Waals surface area contributed by atoms with Crippen molar-refractivity contribution in [1.29, 1.82) is 0 Å². The highest BCUT2D eigenvalue weighted by Crippen LogP contribution is 2.15. The molecule has 1 aromatic rings. The van der Waals surface area contributed by atoms with Gasteiger partial charge in [-0.3, -0.25) is 0 Å². The fourth-order valence-corrected chi connectivity index (χ4v) is 3.12. The van der Waals surface area contributed by atoms with E-state index in [9.17, 15) is 8.42 Å². The molecule has 0 amide bonds. The van der Waals surface area contributed by atoms with Crippen LogP contribution in [-0.4, -0.2) is 38.2 Å². The SMILES string of the molecule is Nc1cccc(OCCS(=O)(=O)N2CC=CCC2)c1. The van der Waals surface area contributed by atoms with E-state index in [0.717, 1.165) is 6.42 Å². The zero-order chi connectivity index (χ0) is 13.7. The van der Waals surface area contributed by atoms with Crippen LogP contribution >= 0.6 is 0 Å². The first-order valence-electron chi connectivity index (χ1n) is 6.19. The molecule has 1 aromatic carbocycles. The van der Waals surface area contributed by atoms with Crippen LogP contribution in [0.15, 0.2) is 36.4 Å². The predicted octanol–water partition coefficient (Wildman–Crippen LogP) is 1.24. The molecule has 0 saturated carbocycles. The summed E-state index contributed by atoms with van der Waals surface area (Å²) in [5.74, 6) is 0.573. The molecule has 2 rings (SSSR count). The van der Waals surface area contributed by atoms with Crippen molar-refractivity contribution in [2.45, 2.75) is 6.42 Å². The molecule has 6 heteroatoms. The average Bonchev–Trinajstić information content (AvgIpc) is 2.40. The second-order valence-corrected chi connectivity index (χ2v) is 6.44. The molecule has 19 heavy (non-hydrogen) atoms. The van der Waals surface area contributed by atoms with Crippen molar-refractivity contribution in [2.75, 3.05) is 31.2 Å². The molecular weight excluding hydrogens is 264 g/mol. The maximum absolute atomic E-state index is 12.0. The lowest BCUT2D eigenvalue weighted by molar-refractivity contribution is 0.335. The van der Waals surface area contributed by atoms with Gasteiger partial charge >= 0.3 is 0 Å². The Morgan fingerprint density at radius 2 is 2.16 bits per heavy atom. The number of hydrogen-bond acceptors (Lipinski definition) is 4. The average molecular weight is 282 g/mol. The lowest BCUT2D eigenvalue weighted by Crippen LogP contribution is -2.36. The van der Waals surface area contributed by atoms with Crippen molar-refractivity contribution >= 4 is 15.7 Å². The summed E-state index contributed by atoms with van der Waals surface area (Å²) in [6, 6.07) is 6.96. The third-order valence-electron chi connectivity index (χ3n) is 2.88. The van der Waals surface area contributed by atoms with Crippen LogP contribution in [0.25, 0.3) is 0 Å². The molecular formula is C13H18N2O3S. The molecule has 5 nitrogen and oxygen atoms in total. The quantitative estimate of drug-likeness (QED) is 0.651. The van der Waals surface area contributed by atoms with Crippen LogP contribution in [0, 0.1) is 0 Å². The monoisotopic (exact) mass is 282 g/mol. The van der Waals surface area contributed by atoms with Crippen molar-refractivity contribution in [1.82, 2.24) is 4.31 Å². The summed E-state index contributed by atoms with van der Waals surface area (Å²) in [5, 5.41) is 0. The molecule has 0 radical (unpaired) electrons. The van der Waals surface area contributed by atoms with Crippen molar-refractivity contribution in [3.63, 3.8) is 0 Å². The van der Waals surface area contributed by atoms with Gasteiger partial charge < -0.3 is 10.5 Å². The smallest absolute Gasteiger partial charge is 0.217 e. The minimum atomic E-state index is -3.24. The topological polar surface area (TPSA) is 72.6 Å². The van der Waals surface area contributed by atoms with E-state index >= 15 is 0 Å². The van der Waals surface area contributed by atoms with E-state index in [2.05, 4.69) is 0 Å². The van der Waals surface area contributed by atoms with Gasteiger partial charge in [0.2, 0.25) is 10.0 Å². The van der Waals surface area contributed by atoms with Crippen LogP contribution in [0.4, 0.5) is 5.69 Å². The summed E-state index contributed by atoms with van der Waals surface area (Å²) in [4.78, 5) is 0. The highest BCUT2D eigenvalue weighted by molar-refractivity contribution is 7.89. The molecule has 1 aliphatic rings. The van der Waals surface area contributed by atoms with E-state index in [0.29, 0.717) is 24.5 Å². The Morgan fingerprint density at radius 1 is 1.32 bits per heavy atom. The summed E-state index contributed by atoms with van der Waals surface area (Å²) in [5.41, 5.74) is 6.22. The number of hydrogen-bond donors (Lipinski definition) is 1. The Balaban J connectivity index is 1.86. The van der Waals surface area contributed by atoms with Gasteiger partial charge in [-0.25, -0.2) is 8.42 Å². The molecule has 1 heterocycles. The number of benzene rings is 1. The largest absolute Gasteiger partial charge is 0.492 e. The van der Waals surface area contributed by atoms with Gasteiger partial charge in [-0.2, -0.15) is 4.31 Å². The van der Waals surface area contributed by atoms with Crippen LogP contribution in [0.5, 0.6) is 5.75 Å². The van der Waals surface area contributed by atoms with E-state index in [4.69, 9.17) is 10.5 Å². The Kier molecular flexibility index (Phi) is 4.44. The van der Waals surface area contributed by atoms with Crippen LogP contribution in [0.3, 0.4) is 0 Å². The van der Waals surface area contributed by atoms with Crippen LogP contribution in [0.1, 0.15) is 6.42 Å². The zero-order valence-electron chi connectivity index (χ0n) is 10.7. The molecule has 0 fully saturated rings. The Morgan fingerprint density at radius 3 is 2.84 bits per heavy atom. The minimum absolute atomic E-state index is 0.0182. The Bertz CT molecular complexity index is 555. The number of anilines is 1. The van der Waals surface area contributed by atoms with Crippen molar-refractivity contribution in [2.24, 2.45) is 0 Å².